The quantitative estimate of drug-likeness (QED) is 0.824. The first-order valence-electron chi connectivity index (χ1n) is 9.06. The number of carbonyl (C=O) groups excluding carboxylic acids is 1. The number of nitrogens with one attached hydrogen (secondary N) is 2. The fourth-order valence-electron chi connectivity index (χ4n) is 4.31. The van der Waals surface area contributed by atoms with Crippen LogP contribution >= 0.6 is 11.3 Å². The molecule has 1 atom stereocenters. The second kappa shape index (κ2) is 6.64. The van der Waals surface area contributed by atoms with Crippen molar-refractivity contribution in [3.8, 4) is 0 Å². The molecule has 4 rings (SSSR count). The molecule has 0 bridgehead atoms. The Labute approximate surface area is 153 Å². The smallest absolute Gasteiger partial charge is 0.250 e. The molecule has 3 aliphatic rings. The summed E-state index contributed by atoms with van der Waals surface area (Å²) in [4.78, 5) is 14.7. The van der Waals surface area contributed by atoms with Crippen LogP contribution in [0.2, 0.25) is 0 Å². The third kappa shape index (κ3) is 3.49. The lowest BCUT2D eigenvalue weighted by atomic mass is 9.91. The summed E-state index contributed by atoms with van der Waals surface area (Å²) in [5.41, 5.74) is 0.264. The van der Waals surface area contributed by atoms with Crippen molar-refractivity contribution in [1.29, 1.82) is 0 Å². The van der Waals surface area contributed by atoms with E-state index in [4.69, 9.17) is 0 Å². The number of hydrogen-bond donors (Lipinski definition) is 2. The van der Waals surface area contributed by atoms with E-state index in [0.29, 0.717) is 36.0 Å². The first kappa shape index (κ1) is 17.5. The fraction of sp³-hybridized carbons (Fsp3) is 0.706. The lowest BCUT2D eigenvalue weighted by Crippen LogP contribution is -2.47. The van der Waals surface area contributed by atoms with Gasteiger partial charge in [-0.3, -0.25) is 4.79 Å². The van der Waals surface area contributed by atoms with Crippen LogP contribution in [0.5, 0.6) is 0 Å². The van der Waals surface area contributed by atoms with Gasteiger partial charge in [-0.15, -0.1) is 11.3 Å². The van der Waals surface area contributed by atoms with E-state index in [9.17, 15) is 13.2 Å². The standard InChI is InChI=1S/C17H25N3O3S2/c21-16(14-12-17(14)5-7-18-8-6-17)20-9-3-13(4-10-20)19-25(22,23)15-2-1-11-24-15/h1-2,11,13-14,18-19H,3-10,12H2. The maximum Gasteiger partial charge on any atom is 0.250 e. The Hall–Kier alpha value is -0.960. The molecule has 1 amide bonds. The topological polar surface area (TPSA) is 78.5 Å². The molecule has 25 heavy (non-hydrogen) atoms. The van der Waals surface area contributed by atoms with Crippen molar-refractivity contribution in [3.05, 3.63) is 17.5 Å². The Morgan fingerprint density at radius 3 is 2.64 bits per heavy atom. The Morgan fingerprint density at radius 2 is 2.00 bits per heavy atom. The highest BCUT2D eigenvalue weighted by Gasteiger charge is 2.58. The summed E-state index contributed by atoms with van der Waals surface area (Å²) in [7, 11) is -3.42. The molecule has 1 aliphatic carbocycles. The zero-order chi connectivity index (χ0) is 17.5. The Balaban J connectivity index is 1.29. The molecule has 3 heterocycles. The molecule has 138 valence electrons. The van der Waals surface area contributed by atoms with E-state index in [-0.39, 0.29) is 17.4 Å². The minimum atomic E-state index is -3.42. The van der Waals surface area contributed by atoms with Crippen LogP contribution in [0, 0.1) is 11.3 Å². The van der Waals surface area contributed by atoms with Crippen LogP contribution < -0.4 is 10.0 Å². The van der Waals surface area contributed by atoms with Gasteiger partial charge in [0.1, 0.15) is 4.21 Å². The maximum atomic E-state index is 12.8. The molecule has 0 aromatic carbocycles. The molecule has 6 nitrogen and oxygen atoms in total. The van der Waals surface area contributed by atoms with Crippen molar-refractivity contribution >= 4 is 27.3 Å². The third-order valence-corrected chi connectivity index (χ3v) is 8.89. The van der Waals surface area contributed by atoms with Crippen LogP contribution in [-0.4, -0.2) is 51.4 Å². The Bertz CT molecular complexity index is 718. The average molecular weight is 384 g/mol. The summed E-state index contributed by atoms with van der Waals surface area (Å²) in [6.07, 6.45) is 4.65. The number of amides is 1. The lowest BCUT2D eigenvalue weighted by molar-refractivity contribution is -0.134. The molecular weight excluding hydrogens is 358 g/mol. The fourth-order valence-corrected chi connectivity index (χ4v) is 6.62. The van der Waals surface area contributed by atoms with Crippen LogP contribution in [0.25, 0.3) is 0 Å². The molecule has 2 N–H and O–H groups in total. The van der Waals surface area contributed by atoms with E-state index in [0.717, 1.165) is 32.4 Å². The number of thiophene rings is 1. The van der Waals surface area contributed by atoms with Crippen LogP contribution in [0.3, 0.4) is 0 Å². The average Bonchev–Trinajstić information content (AvgIpc) is 3.04. The van der Waals surface area contributed by atoms with E-state index in [1.54, 1.807) is 17.5 Å². The number of likely N-dealkylation sites (tertiary alicyclic amines) is 1. The maximum absolute atomic E-state index is 12.8. The van der Waals surface area contributed by atoms with Gasteiger partial charge in [0.25, 0.3) is 0 Å². The van der Waals surface area contributed by atoms with Gasteiger partial charge >= 0.3 is 0 Å². The number of hydrogen-bond acceptors (Lipinski definition) is 5. The highest BCUT2D eigenvalue weighted by atomic mass is 32.2. The predicted octanol–water partition coefficient (Wildman–Crippen LogP) is 1.41. The molecule has 1 unspecified atom stereocenters. The molecule has 1 aromatic rings. The van der Waals surface area contributed by atoms with Crippen molar-refractivity contribution in [2.75, 3.05) is 26.2 Å². The van der Waals surface area contributed by atoms with E-state index in [1.807, 2.05) is 4.90 Å². The summed E-state index contributed by atoms with van der Waals surface area (Å²) in [5.74, 6) is 0.496. The number of carbonyl (C=O) groups is 1. The normalized spacial score (nSPS) is 26.7. The largest absolute Gasteiger partial charge is 0.342 e. The molecular formula is C17H25N3O3S2. The van der Waals surface area contributed by atoms with Gasteiger partial charge in [-0.2, -0.15) is 0 Å². The third-order valence-electron chi connectivity index (χ3n) is 5.98. The minimum Gasteiger partial charge on any atom is -0.342 e. The summed E-state index contributed by atoms with van der Waals surface area (Å²) < 4.78 is 27.8. The SMILES string of the molecule is O=C(C1CC12CCNCC2)N1CCC(NS(=O)(=O)c2cccs2)CC1. The van der Waals surface area contributed by atoms with Gasteiger partial charge in [-0.1, -0.05) is 6.07 Å². The second-order valence-electron chi connectivity index (χ2n) is 7.52. The van der Waals surface area contributed by atoms with Gasteiger partial charge in [0.15, 0.2) is 0 Å². The lowest BCUT2D eigenvalue weighted by Gasteiger charge is -2.33. The molecule has 8 heteroatoms. The molecule has 1 saturated carbocycles. The molecule has 2 saturated heterocycles. The Morgan fingerprint density at radius 1 is 1.28 bits per heavy atom. The zero-order valence-electron chi connectivity index (χ0n) is 14.2. The van der Waals surface area contributed by atoms with Crippen LogP contribution in [0.1, 0.15) is 32.1 Å². The molecule has 0 radical (unpaired) electrons. The predicted molar refractivity (Wildman–Crippen MR) is 96.9 cm³/mol. The van der Waals surface area contributed by atoms with E-state index in [1.165, 1.54) is 11.3 Å². The van der Waals surface area contributed by atoms with Gasteiger partial charge in [0, 0.05) is 25.0 Å². The number of sulfonamides is 1. The highest BCUT2D eigenvalue weighted by molar-refractivity contribution is 7.91. The Kier molecular flexibility index (Phi) is 4.64. The summed E-state index contributed by atoms with van der Waals surface area (Å²) in [6, 6.07) is 3.28. The molecule has 1 spiro atoms. The van der Waals surface area contributed by atoms with Crippen molar-refractivity contribution in [2.45, 2.75) is 42.4 Å². The van der Waals surface area contributed by atoms with Crippen molar-refractivity contribution in [3.63, 3.8) is 0 Å². The monoisotopic (exact) mass is 383 g/mol. The van der Waals surface area contributed by atoms with E-state index in [2.05, 4.69) is 10.0 Å². The summed E-state index contributed by atoms with van der Waals surface area (Å²) in [6.45, 7) is 3.36. The molecule has 2 aliphatic heterocycles. The van der Waals surface area contributed by atoms with Gasteiger partial charge in [-0.05, 0) is 62.1 Å². The van der Waals surface area contributed by atoms with Gasteiger partial charge in [0.2, 0.25) is 15.9 Å². The van der Waals surface area contributed by atoms with E-state index < -0.39 is 10.0 Å². The van der Waals surface area contributed by atoms with Crippen LogP contribution in [0.4, 0.5) is 0 Å². The first-order valence-corrected chi connectivity index (χ1v) is 11.4. The zero-order valence-corrected chi connectivity index (χ0v) is 15.9. The van der Waals surface area contributed by atoms with Gasteiger partial charge < -0.3 is 10.2 Å². The first-order chi connectivity index (χ1) is 12.0. The van der Waals surface area contributed by atoms with Crippen molar-refractivity contribution < 1.29 is 13.2 Å². The second-order valence-corrected chi connectivity index (χ2v) is 10.4. The number of nitrogens with zero attached hydrogens (tertiary/aromatic N) is 1. The molecule has 3 fully saturated rings. The van der Waals surface area contributed by atoms with Crippen LogP contribution in [-0.2, 0) is 14.8 Å². The summed E-state index contributed by atoms with van der Waals surface area (Å²) in [5, 5.41) is 5.14. The summed E-state index contributed by atoms with van der Waals surface area (Å²) >= 11 is 1.23. The van der Waals surface area contributed by atoms with Crippen LogP contribution in [0.15, 0.2) is 21.7 Å². The molecule has 1 aromatic heterocycles. The van der Waals surface area contributed by atoms with E-state index >= 15 is 0 Å². The van der Waals surface area contributed by atoms with Gasteiger partial charge in [-0.25, -0.2) is 13.1 Å². The van der Waals surface area contributed by atoms with Crippen molar-refractivity contribution in [1.82, 2.24) is 14.9 Å². The number of rotatable bonds is 4. The van der Waals surface area contributed by atoms with Crippen molar-refractivity contribution in [2.24, 2.45) is 11.3 Å². The van der Waals surface area contributed by atoms with Gasteiger partial charge in [0.05, 0.1) is 0 Å². The number of piperidine rings is 2. The highest BCUT2D eigenvalue weighted by Crippen LogP contribution is 2.59. The minimum absolute atomic E-state index is 0.0804.